The van der Waals surface area contributed by atoms with Crippen LogP contribution in [-0.4, -0.2) is 36.7 Å². The molecule has 3 aromatic rings. The minimum atomic E-state index is -0.258. The van der Waals surface area contributed by atoms with Crippen LogP contribution in [0.5, 0.6) is 0 Å². The number of nitrogens with zero attached hydrogens (tertiary/aromatic N) is 4. The summed E-state index contributed by atoms with van der Waals surface area (Å²) in [6.45, 7) is 0. The zero-order chi connectivity index (χ0) is 18.7. The van der Waals surface area contributed by atoms with E-state index in [0.29, 0.717) is 17.4 Å². The molecule has 2 aliphatic carbocycles. The Hall–Kier alpha value is -2.68. The minimum Gasteiger partial charge on any atom is -0.378 e. The van der Waals surface area contributed by atoms with Crippen LogP contribution in [-0.2, 0) is 11.8 Å². The van der Waals surface area contributed by atoms with E-state index in [2.05, 4.69) is 53.4 Å². The fourth-order valence-corrected chi connectivity index (χ4v) is 4.74. The zero-order valence-corrected chi connectivity index (χ0v) is 16.1. The Bertz CT molecular complexity index is 1080. The molecular formula is C18H18BrN7O. The maximum atomic E-state index is 12.0. The van der Waals surface area contributed by atoms with Crippen LogP contribution < -0.4 is 11.1 Å². The smallest absolute Gasteiger partial charge is 0.223 e. The number of H-pyrrole nitrogens is 1. The molecule has 1 saturated carbocycles. The first-order valence-corrected chi connectivity index (χ1v) is 9.58. The van der Waals surface area contributed by atoms with Crippen LogP contribution in [0.2, 0.25) is 0 Å². The predicted octanol–water partition coefficient (Wildman–Crippen LogP) is 2.21. The van der Waals surface area contributed by atoms with Gasteiger partial charge in [0.2, 0.25) is 5.91 Å². The molecule has 138 valence electrons. The van der Waals surface area contributed by atoms with Gasteiger partial charge in [-0.25, -0.2) is 9.97 Å². The number of amides is 1. The van der Waals surface area contributed by atoms with Crippen LogP contribution in [0, 0.1) is 17.8 Å². The third kappa shape index (κ3) is 2.56. The van der Waals surface area contributed by atoms with Crippen molar-refractivity contribution in [1.29, 1.82) is 0 Å². The normalized spacial score (nSPS) is 26.1. The fourth-order valence-electron chi connectivity index (χ4n) is 4.33. The summed E-state index contributed by atoms with van der Waals surface area (Å²) in [5, 5.41) is 7.75. The van der Waals surface area contributed by atoms with Crippen LogP contribution in [0.1, 0.15) is 6.42 Å². The van der Waals surface area contributed by atoms with Crippen molar-refractivity contribution in [3.05, 3.63) is 35.2 Å². The molecule has 0 aromatic carbocycles. The monoisotopic (exact) mass is 427 g/mol. The van der Waals surface area contributed by atoms with Crippen LogP contribution in [0.15, 0.2) is 35.2 Å². The highest BCUT2D eigenvalue weighted by Crippen LogP contribution is 2.46. The maximum Gasteiger partial charge on any atom is 0.223 e. The van der Waals surface area contributed by atoms with E-state index in [0.717, 1.165) is 27.7 Å². The topological polar surface area (TPSA) is 115 Å². The Morgan fingerprint density at radius 3 is 2.93 bits per heavy atom. The average molecular weight is 428 g/mol. The number of anilines is 1. The van der Waals surface area contributed by atoms with Crippen LogP contribution >= 0.6 is 15.9 Å². The number of rotatable bonds is 4. The van der Waals surface area contributed by atoms with Gasteiger partial charge in [0.05, 0.1) is 27.8 Å². The SMILES string of the molecule is Cn1cc(-c2nc3ncc(Br)c(N[C@H]4[C@@H](C(N)=O)[C@@H]5C=C[C@H]4C5)c3[nH]2)cn1. The van der Waals surface area contributed by atoms with Gasteiger partial charge in [-0.1, -0.05) is 12.2 Å². The van der Waals surface area contributed by atoms with E-state index in [1.165, 1.54) is 0 Å². The van der Waals surface area contributed by atoms with Gasteiger partial charge in [0, 0.05) is 25.5 Å². The van der Waals surface area contributed by atoms with E-state index < -0.39 is 0 Å². The third-order valence-electron chi connectivity index (χ3n) is 5.55. The Morgan fingerprint density at radius 2 is 2.19 bits per heavy atom. The van der Waals surface area contributed by atoms with Gasteiger partial charge in [-0.2, -0.15) is 5.10 Å². The Morgan fingerprint density at radius 1 is 1.37 bits per heavy atom. The number of nitrogens with one attached hydrogen (secondary N) is 2. The van der Waals surface area contributed by atoms with E-state index in [1.807, 2.05) is 13.2 Å². The number of carbonyl (C=O) groups excluding carboxylic acids is 1. The van der Waals surface area contributed by atoms with Crippen molar-refractivity contribution in [2.75, 3.05) is 5.32 Å². The molecule has 27 heavy (non-hydrogen) atoms. The zero-order valence-electron chi connectivity index (χ0n) is 14.6. The molecule has 2 bridgehead atoms. The van der Waals surface area contributed by atoms with Gasteiger partial charge in [0.15, 0.2) is 5.65 Å². The molecule has 9 heteroatoms. The predicted molar refractivity (Wildman–Crippen MR) is 105 cm³/mol. The molecule has 1 fully saturated rings. The molecule has 1 amide bonds. The maximum absolute atomic E-state index is 12.0. The highest BCUT2D eigenvalue weighted by atomic mass is 79.9. The number of hydrogen-bond donors (Lipinski definition) is 3. The molecule has 0 spiro atoms. The van der Waals surface area contributed by atoms with Crippen molar-refractivity contribution in [1.82, 2.24) is 24.7 Å². The number of primary amides is 1. The van der Waals surface area contributed by atoms with Gasteiger partial charge in [0.25, 0.3) is 0 Å². The van der Waals surface area contributed by atoms with Gasteiger partial charge in [-0.3, -0.25) is 9.48 Å². The molecule has 8 nitrogen and oxygen atoms in total. The molecule has 0 radical (unpaired) electrons. The first-order valence-electron chi connectivity index (χ1n) is 8.78. The molecular weight excluding hydrogens is 410 g/mol. The van der Waals surface area contributed by atoms with E-state index in [4.69, 9.17) is 5.73 Å². The average Bonchev–Trinajstić information content (AvgIpc) is 3.39. The Balaban J connectivity index is 1.56. The van der Waals surface area contributed by atoms with Crippen molar-refractivity contribution in [3.8, 4) is 11.4 Å². The fraction of sp³-hybridized carbons (Fsp3) is 0.333. The van der Waals surface area contributed by atoms with Gasteiger partial charge in [-0.05, 0) is 34.2 Å². The molecule has 5 rings (SSSR count). The number of halogens is 1. The lowest BCUT2D eigenvalue weighted by atomic mass is 9.88. The molecule has 0 saturated heterocycles. The number of aromatic amines is 1. The van der Waals surface area contributed by atoms with Crippen LogP contribution in [0.25, 0.3) is 22.6 Å². The highest BCUT2D eigenvalue weighted by Gasteiger charge is 2.47. The molecule has 2 aliphatic rings. The molecule has 3 heterocycles. The number of fused-ring (bicyclic) bond motifs is 3. The second-order valence-corrected chi connectivity index (χ2v) is 8.07. The number of allylic oxidation sites excluding steroid dienone is 1. The Kier molecular flexibility index (Phi) is 3.61. The lowest BCUT2D eigenvalue weighted by Gasteiger charge is -2.28. The van der Waals surface area contributed by atoms with Crippen molar-refractivity contribution in [2.24, 2.45) is 30.5 Å². The largest absolute Gasteiger partial charge is 0.378 e. The van der Waals surface area contributed by atoms with Crippen molar-refractivity contribution >= 4 is 38.7 Å². The lowest BCUT2D eigenvalue weighted by Crippen LogP contribution is -2.41. The van der Waals surface area contributed by atoms with Crippen LogP contribution in [0.3, 0.4) is 0 Å². The summed E-state index contributed by atoms with van der Waals surface area (Å²) in [6, 6.07) is -0.0375. The summed E-state index contributed by atoms with van der Waals surface area (Å²) in [6.07, 6.45) is 10.6. The van der Waals surface area contributed by atoms with E-state index in [-0.39, 0.29) is 23.8 Å². The van der Waals surface area contributed by atoms with Gasteiger partial charge >= 0.3 is 0 Å². The number of imidazole rings is 1. The number of hydrogen-bond acceptors (Lipinski definition) is 5. The summed E-state index contributed by atoms with van der Waals surface area (Å²) >= 11 is 3.58. The highest BCUT2D eigenvalue weighted by molar-refractivity contribution is 9.10. The third-order valence-corrected chi connectivity index (χ3v) is 6.15. The number of aromatic nitrogens is 5. The number of carbonyl (C=O) groups is 1. The van der Waals surface area contributed by atoms with E-state index in [9.17, 15) is 4.79 Å². The second kappa shape index (κ2) is 5.91. The first-order chi connectivity index (χ1) is 13.0. The molecule has 4 atom stereocenters. The van der Waals surface area contributed by atoms with Crippen molar-refractivity contribution < 1.29 is 4.79 Å². The molecule has 0 unspecified atom stereocenters. The standard InChI is InChI=1S/C18H18BrN7O/c1-26-7-10(5-22-26)17-24-15-14(11(19)6-21-18(15)25-17)23-13-9-3-2-8(4-9)12(13)16(20)27/h2-3,5-9,12-13H,4H2,1H3,(H2,20,27)(H2,21,23,24,25)/t8-,9+,12+,13-/m1/s1. The Labute approximate surface area is 163 Å². The van der Waals surface area contributed by atoms with Gasteiger partial charge < -0.3 is 16.0 Å². The van der Waals surface area contributed by atoms with E-state index in [1.54, 1.807) is 17.1 Å². The summed E-state index contributed by atoms with van der Waals surface area (Å²) in [5.74, 6) is 0.741. The van der Waals surface area contributed by atoms with Crippen LogP contribution in [0.4, 0.5) is 5.69 Å². The molecule has 3 aromatic heterocycles. The number of nitrogens with two attached hydrogens (primary N) is 1. The molecule has 0 aliphatic heterocycles. The van der Waals surface area contributed by atoms with Crippen molar-refractivity contribution in [2.45, 2.75) is 12.5 Å². The quantitative estimate of drug-likeness (QED) is 0.552. The minimum absolute atomic E-state index is 0.0375. The number of pyridine rings is 1. The summed E-state index contributed by atoms with van der Waals surface area (Å²) in [7, 11) is 1.86. The number of aryl methyl sites for hydroxylation is 1. The summed E-state index contributed by atoms with van der Waals surface area (Å²) < 4.78 is 2.54. The summed E-state index contributed by atoms with van der Waals surface area (Å²) in [4.78, 5) is 24.4. The van der Waals surface area contributed by atoms with Crippen molar-refractivity contribution in [3.63, 3.8) is 0 Å². The lowest BCUT2D eigenvalue weighted by molar-refractivity contribution is -0.122. The second-order valence-electron chi connectivity index (χ2n) is 7.21. The van der Waals surface area contributed by atoms with Gasteiger partial charge in [-0.15, -0.1) is 0 Å². The molecule has 4 N–H and O–H groups in total. The summed E-state index contributed by atoms with van der Waals surface area (Å²) in [5.41, 5.74) is 8.82. The van der Waals surface area contributed by atoms with Gasteiger partial charge in [0.1, 0.15) is 11.3 Å². The van der Waals surface area contributed by atoms with E-state index >= 15 is 0 Å². The first kappa shape index (κ1) is 16.5.